The van der Waals surface area contributed by atoms with Crippen molar-refractivity contribution in [3.8, 4) is 0 Å². The highest BCUT2D eigenvalue weighted by Gasteiger charge is 2.48. The number of allylic oxidation sites excluding steroid dienone is 8. The van der Waals surface area contributed by atoms with Crippen molar-refractivity contribution in [2.45, 2.75) is 123 Å². The lowest BCUT2D eigenvalue weighted by Gasteiger charge is -2.31. The molecule has 0 spiro atoms. The Hall–Kier alpha value is 0.150. The molecule has 2 aromatic rings. The molecule has 0 saturated heterocycles. The number of amides is 1. The summed E-state index contributed by atoms with van der Waals surface area (Å²) >= 11 is 14.7. The summed E-state index contributed by atoms with van der Waals surface area (Å²) < 4.78 is 9.79. The maximum atomic E-state index is 12.5. The molecule has 7 nitrogen and oxygen atoms in total. The minimum atomic E-state index is -0.798. The number of halogens is 6. The Balaban J connectivity index is 1.62. The number of rotatable bonds is 22. The van der Waals surface area contributed by atoms with Crippen LogP contribution in [0.3, 0.4) is 0 Å². The normalized spacial score (nSPS) is 18.6. The van der Waals surface area contributed by atoms with E-state index in [-0.39, 0.29) is 17.7 Å². The SMILES string of the molecule is CCCCCCC(=O)NCCC[N+]1=C(/C=C/C=C/C=C/C=C2\N(CCCN(CC)C(C)CC)c3cc(I)c(I)c(I)c3C2(C)CC(=O)O)C(C)(C)c2c1cc(I)c(I)c2I. The van der Waals surface area contributed by atoms with E-state index in [0.29, 0.717) is 19.0 Å². The molecule has 2 atom stereocenters. The van der Waals surface area contributed by atoms with Gasteiger partial charge in [0.05, 0.1) is 17.4 Å². The van der Waals surface area contributed by atoms with E-state index in [1.54, 1.807) is 0 Å². The van der Waals surface area contributed by atoms with Gasteiger partial charge in [0.2, 0.25) is 11.6 Å². The van der Waals surface area contributed by atoms with Crippen LogP contribution in [0.2, 0.25) is 0 Å². The van der Waals surface area contributed by atoms with Gasteiger partial charge in [-0.1, -0.05) is 70.4 Å². The average Bonchev–Trinajstić information content (AvgIpc) is 3.54. The van der Waals surface area contributed by atoms with Gasteiger partial charge in [-0.3, -0.25) is 9.59 Å². The molecule has 2 unspecified atom stereocenters. The first kappa shape index (κ1) is 52.8. The summed E-state index contributed by atoms with van der Waals surface area (Å²) in [4.78, 5) is 30.0. The molecule has 2 heterocycles. The molecule has 0 radical (unpaired) electrons. The molecule has 2 aromatic carbocycles. The fourth-order valence-corrected chi connectivity index (χ4v) is 13.9. The first-order valence-corrected chi connectivity index (χ1v) is 27.7. The second kappa shape index (κ2) is 24.6. The maximum absolute atomic E-state index is 12.5. The standard InChI is InChI=1S/C47H60I6N4O3/c1-8-11-12-18-23-38(58)54-24-19-26-56-34-28-32(48)42(50)44(52)40(34)46(5,6)36(56)21-16-14-13-15-17-22-37-47(7,30-39(59)60)41-35(29-33(49)43(51)45(41)53)57(37)27-20-25-55(10-3)31(4)9-2/h13-17,21-22,28-29,31H,8-12,18-20,23-27,30H2,1-7H3,(H-,54,58,59,60)/p+1. The Morgan fingerprint density at radius 3 is 2.15 bits per heavy atom. The van der Waals surface area contributed by atoms with E-state index < -0.39 is 11.4 Å². The van der Waals surface area contributed by atoms with Crippen LogP contribution < -0.4 is 10.2 Å². The van der Waals surface area contributed by atoms with Crippen molar-refractivity contribution in [2.24, 2.45) is 0 Å². The molecular weight excluding hydrogens is 1430 g/mol. The van der Waals surface area contributed by atoms with Crippen molar-refractivity contribution in [1.29, 1.82) is 0 Å². The van der Waals surface area contributed by atoms with Crippen LogP contribution >= 0.6 is 136 Å². The molecule has 0 aliphatic carbocycles. The third-order valence-electron chi connectivity index (χ3n) is 11.9. The molecule has 60 heavy (non-hydrogen) atoms. The Labute approximate surface area is 441 Å². The zero-order chi connectivity index (χ0) is 44.4. The van der Waals surface area contributed by atoms with Gasteiger partial charge in [0.1, 0.15) is 0 Å². The number of carbonyl (C=O) groups is 2. The number of nitrogens with zero attached hydrogens (tertiary/aromatic N) is 3. The van der Waals surface area contributed by atoms with Gasteiger partial charge in [0, 0.05) is 94.4 Å². The van der Waals surface area contributed by atoms with E-state index in [2.05, 4.69) is 258 Å². The lowest BCUT2D eigenvalue weighted by atomic mass is 9.78. The van der Waals surface area contributed by atoms with E-state index in [1.165, 1.54) is 47.7 Å². The molecule has 2 N–H and O–H groups in total. The van der Waals surface area contributed by atoms with Crippen LogP contribution in [0.15, 0.2) is 60.4 Å². The molecule has 0 fully saturated rings. The molecule has 2 aliphatic heterocycles. The number of carbonyl (C=O) groups excluding carboxylic acids is 1. The van der Waals surface area contributed by atoms with Gasteiger partial charge in [0.25, 0.3) is 0 Å². The van der Waals surface area contributed by atoms with Crippen LogP contribution in [0.5, 0.6) is 0 Å². The predicted octanol–water partition coefficient (Wildman–Crippen LogP) is 13.5. The number of fused-ring (bicyclic) bond motifs is 2. The number of nitrogens with one attached hydrogen (secondary N) is 1. The molecule has 0 saturated carbocycles. The summed E-state index contributed by atoms with van der Waals surface area (Å²) in [6.07, 6.45) is 22.8. The highest BCUT2D eigenvalue weighted by atomic mass is 127. The first-order valence-electron chi connectivity index (χ1n) is 21.2. The number of hydrogen-bond acceptors (Lipinski definition) is 4. The lowest BCUT2D eigenvalue weighted by molar-refractivity contribution is -0.438. The quantitative estimate of drug-likeness (QED) is 0.0404. The molecule has 0 aromatic heterocycles. The van der Waals surface area contributed by atoms with Crippen molar-refractivity contribution >= 4 is 165 Å². The number of carboxylic acid groups (broad SMARTS) is 1. The number of hydrogen-bond donors (Lipinski definition) is 2. The van der Waals surface area contributed by atoms with Crippen molar-refractivity contribution < 1.29 is 19.3 Å². The third kappa shape index (κ3) is 12.7. The van der Waals surface area contributed by atoms with Gasteiger partial charge in [-0.15, -0.1) is 0 Å². The Morgan fingerprint density at radius 1 is 0.850 bits per heavy atom. The number of carboxylic acids is 1. The highest BCUT2D eigenvalue weighted by molar-refractivity contribution is 14.1. The second-order valence-electron chi connectivity index (χ2n) is 16.4. The second-order valence-corrected chi connectivity index (χ2v) is 23.1. The highest BCUT2D eigenvalue weighted by Crippen LogP contribution is 2.53. The third-order valence-corrected chi connectivity index (χ3v) is 22.1. The Kier molecular flexibility index (Phi) is 21.6. The van der Waals surface area contributed by atoms with Crippen LogP contribution in [0.4, 0.5) is 11.4 Å². The maximum Gasteiger partial charge on any atom is 0.304 e. The Morgan fingerprint density at radius 2 is 1.50 bits per heavy atom. The minimum Gasteiger partial charge on any atom is -0.481 e. The summed E-state index contributed by atoms with van der Waals surface area (Å²) in [7, 11) is 0. The first-order chi connectivity index (χ1) is 28.5. The molecule has 2 aliphatic rings. The fraction of sp³-hybridized carbons (Fsp3) is 0.511. The van der Waals surface area contributed by atoms with Crippen LogP contribution in [0.25, 0.3) is 0 Å². The van der Waals surface area contributed by atoms with E-state index in [4.69, 9.17) is 0 Å². The van der Waals surface area contributed by atoms with Crippen LogP contribution in [-0.2, 0) is 20.4 Å². The monoisotopic (exact) mass is 1490 g/mol. The van der Waals surface area contributed by atoms with Crippen molar-refractivity contribution in [2.75, 3.05) is 37.6 Å². The molecule has 13 heteroatoms. The molecular formula is C47H61I6N4O3+. The zero-order valence-electron chi connectivity index (χ0n) is 36.0. The Bertz CT molecular complexity index is 2040. The number of unbranched alkanes of at least 4 members (excludes halogenated alkanes) is 3. The zero-order valence-corrected chi connectivity index (χ0v) is 49.0. The van der Waals surface area contributed by atoms with Gasteiger partial charge in [-0.2, -0.15) is 4.58 Å². The minimum absolute atomic E-state index is 0.0190. The van der Waals surface area contributed by atoms with Gasteiger partial charge >= 0.3 is 5.97 Å². The molecule has 0 bridgehead atoms. The average molecular weight is 1490 g/mol. The van der Waals surface area contributed by atoms with Crippen LogP contribution in [0, 0.1) is 21.4 Å². The van der Waals surface area contributed by atoms with Crippen LogP contribution in [0.1, 0.15) is 117 Å². The van der Waals surface area contributed by atoms with Crippen molar-refractivity contribution in [1.82, 2.24) is 10.2 Å². The summed E-state index contributed by atoms with van der Waals surface area (Å²) in [5.41, 5.74) is 6.26. The predicted molar refractivity (Wildman–Crippen MR) is 302 cm³/mol. The topological polar surface area (TPSA) is 75.9 Å². The van der Waals surface area contributed by atoms with E-state index in [9.17, 15) is 14.7 Å². The van der Waals surface area contributed by atoms with Gasteiger partial charge in [-0.25, -0.2) is 0 Å². The number of benzene rings is 2. The van der Waals surface area contributed by atoms with E-state index >= 15 is 0 Å². The smallest absolute Gasteiger partial charge is 0.304 e. The number of aliphatic carboxylic acids is 1. The lowest BCUT2D eigenvalue weighted by Crippen LogP contribution is -2.36. The van der Waals surface area contributed by atoms with E-state index in [1.807, 2.05) is 0 Å². The number of anilines is 1. The van der Waals surface area contributed by atoms with Crippen molar-refractivity contribution in [3.63, 3.8) is 0 Å². The van der Waals surface area contributed by atoms with Gasteiger partial charge in [-0.05, 0) is 201 Å². The van der Waals surface area contributed by atoms with E-state index in [0.717, 1.165) is 78.8 Å². The largest absolute Gasteiger partial charge is 0.481 e. The van der Waals surface area contributed by atoms with Gasteiger partial charge in [0.15, 0.2) is 12.3 Å². The summed E-state index contributed by atoms with van der Waals surface area (Å²) in [5.74, 6) is -0.644. The molecule has 4 rings (SSSR count). The van der Waals surface area contributed by atoms with Crippen LogP contribution in [-0.4, -0.2) is 70.9 Å². The summed E-state index contributed by atoms with van der Waals surface area (Å²) in [6.45, 7) is 20.0. The molecule has 328 valence electrons. The fourth-order valence-electron chi connectivity index (χ4n) is 8.53. The van der Waals surface area contributed by atoms with Crippen molar-refractivity contribution in [3.05, 3.63) is 92.9 Å². The summed E-state index contributed by atoms with van der Waals surface area (Å²) in [5, 5.41) is 13.4. The summed E-state index contributed by atoms with van der Waals surface area (Å²) in [6, 6.07) is 5.09. The van der Waals surface area contributed by atoms with Gasteiger partial charge < -0.3 is 20.2 Å². The molecule has 1 amide bonds.